The molecule has 0 aliphatic heterocycles. The summed E-state index contributed by atoms with van der Waals surface area (Å²) in [7, 11) is 1.61. The van der Waals surface area contributed by atoms with Crippen molar-refractivity contribution in [3.63, 3.8) is 0 Å². The van der Waals surface area contributed by atoms with Crippen LogP contribution in [-0.2, 0) is 22.6 Å². The van der Waals surface area contributed by atoms with Gasteiger partial charge in [-0.2, -0.15) is 0 Å². The van der Waals surface area contributed by atoms with Crippen LogP contribution in [0, 0.1) is 6.92 Å². The van der Waals surface area contributed by atoms with Crippen LogP contribution in [0.2, 0.25) is 0 Å². The second-order valence-corrected chi connectivity index (χ2v) is 8.04. The number of methoxy groups -OCH3 is 1. The minimum atomic E-state index is -0.891. The number of furan rings is 1. The molecule has 1 unspecified atom stereocenters. The third-order valence-electron chi connectivity index (χ3n) is 4.77. The Bertz CT molecular complexity index is 1010. The van der Waals surface area contributed by atoms with E-state index in [0.717, 1.165) is 16.2 Å². The Balaban J connectivity index is 1.81. The fraction of sp³-hybridized carbons (Fsp3) is 0.250. The SMILES string of the molecule is C=CCN(C(=O)Cc1cccs1)C(C(=O)NCc1ccc(OC)cc1)c1ccc(C)o1. The summed E-state index contributed by atoms with van der Waals surface area (Å²) in [6, 6.07) is 13.9. The highest BCUT2D eigenvalue weighted by Gasteiger charge is 2.33. The summed E-state index contributed by atoms with van der Waals surface area (Å²) in [5, 5.41) is 4.86. The van der Waals surface area contributed by atoms with Crippen LogP contribution in [0.4, 0.5) is 0 Å². The van der Waals surface area contributed by atoms with E-state index in [1.807, 2.05) is 41.8 Å². The Labute approximate surface area is 186 Å². The number of thiophene rings is 1. The maximum Gasteiger partial charge on any atom is 0.251 e. The minimum Gasteiger partial charge on any atom is -0.497 e. The number of carbonyl (C=O) groups excluding carboxylic acids is 2. The average Bonchev–Trinajstić information content (AvgIpc) is 3.44. The molecule has 0 saturated carbocycles. The second kappa shape index (κ2) is 10.6. The summed E-state index contributed by atoms with van der Waals surface area (Å²) >= 11 is 1.51. The lowest BCUT2D eigenvalue weighted by atomic mass is 10.1. The third-order valence-corrected chi connectivity index (χ3v) is 5.64. The van der Waals surface area contributed by atoms with Crippen LogP contribution in [0.1, 0.15) is 28.0 Å². The highest BCUT2D eigenvalue weighted by atomic mass is 32.1. The Kier molecular flexibility index (Phi) is 7.67. The molecule has 0 saturated heterocycles. The zero-order valence-corrected chi connectivity index (χ0v) is 18.5. The Morgan fingerprint density at radius 3 is 2.58 bits per heavy atom. The molecule has 31 heavy (non-hydrogen) atoms. The molecular weight excluding hydrogens is 412 g/mol. The van der Waals surface area contributed by atoms with Gasteiger partial charge in [0.15, 0.2) is 6.04 Å². The number of carbonyl (C=O) groups is 2. The molecular formula is C24H26N2O4S. The van der Waals surface area contributed by atoms with Gasteiger partial charge in [0.1, 0.15) is 17.3 Å². The molecule has 1 aromatic carbocycles. The van der Waals surface area contributed by atoms with Gasteiger partial charge < -0.3 is 19.4 Å². The zero-order valence-electron chi connectivity index (χ0n) is 17.7. The predicted molar refractivity (Wildman–Crippen MR) is 121 cm³/mol. The second-order valence-electron chi connectivity index (χ2n) is 7.01. The van der Waals surface area contributed by atoms with Crippen molar-refractivity contribution in [2.24, 2.45) is 0 Å². The molecule has 0 fully saturated rings. The molecule has 2 heterocycles. The van der Waals surface area contributed by atoms with E-state index in [2.05, 4.69) is 11.9 Å². The molecule has 7 heteroatoms. The monoisotopic (exact) mass is 438 g/mol. The maximum atomic E-state index is 13.3. The molecule has 162 valence electrons. The number of rotatable bonds is 10. The smallest absolute Gasteiger partial charge is 0.251 e. The molecule has 1 atom stereocenters. The van der Waals surface area contributed by atoms with Gasteiger partial charge in [-0.15, -0.1) is 17.9 Å². The number of hydrogen-bond donors (Lipinski definition) is 1. The standard InChI is InChI=1S/C24H26N2O4S/c1-4-13-26(22(27)15-20-6-5-14-31-20)23(21-12-7-17(2)30-21)24(28)25-16-18-8-10-19(29-3)11-9-18/h4-12,14,23H,1,13,15-16H2,2-3H3,(H,25,28). The first-order valence-electron chi connectivity index (χ1n) is 9.91. The van der Waals surface area contributed by atoms with Crippen molar-refractivity contribution in [3.05, 3.63) is 88.5 Å². The fourth-order valence-electron chi connectivity index (χ4n) is 3.21. The number of benzene rings is 1. The van der Waals surface area contributed by atoms with Crippen LogP contribution in [-0.4, -0.2) is 30.4 Å². The number of nitrogens with zero attached hydrogens (tertiary/aromatic N) is 1. The first-order chi connectivity index (χ1) is 15.0. The van der Waals surface area contributed by atoms with E-state index in [4.69, 9.17) is 9.15 Å². The van der Waals surface area contributed by atoms with E-state index < -0.39 is 6.04 Å². The quantitative estimate of drug-likeness (QED) is 0.480. The molecule has 1 N–H and O–H groups in total. The van der Waals surface area contributed by atoms with Gasteiger partial charge in [-0.05, 0) is 48.2 Å². The molecule has 0 radical (unpaired) electrons. The summed E-state index contributed by atoms with van der Waals surface area (Å²) in [4.78, 5) is 28.8. The lowest BCUT2D eigenvalue weighted by Crippen LogP contribution is -2.44. The van der Waals surface area contributed by atoms with Crippen LogP contribution in [0.15, 0.2) is 71.0 Å². The Morgan fingerprint density at radius 2 is 2.00 bits per heavy atom. The van der Waals surface area contributed by atoms with E-state index in [9.17, 15) is 9.59 Å². The highest BCUT2D eigenvalue weighted by Crippen LogP contribution is 2.25. The lowest BCUT2D eigenvalue weighted by molar-refractivity contribution is -0.140. The Hall–Kier alpha value is -3.32. The van der Waals surface area contributed by atoms with E-state index in [1.54, 1.807) is 32.2 Å². The molecule has 0 aliphatic rings. The topological polar surface area (TPSA) is 71.8 Å². The maximum absolute atomic E-state index is 13.3. The van der Waals surface area contributed by atoms with Crippen molar-refractivity contribution in [1.82, 2.24) is 10.2 Å². The first kappa shape index (κ1) is 22.4. The van der Waals surface area contributed by atoms with Crippen LogP contribution < -0.4 is 10.1 Å². The molecule has 2 amide bonds. The fourth-order valence-corrected chi connectivity index (χ4v) is 3.90. The van der Waals surface area contributed by atoms with Gasteiger partial charge >= 0.3 is 0 Å². The van der Waals surface area contributed by atoms with Gasteiger partial charge in [-0.3, -0.25) is 9.59 Å². The van der Waals surface area contributed by atoms with Gasteiger partial charge in [0.25, 0.3) is 5.91 Å². The molecule has 3 aromatic rings. The van der Waals surface area contributed by atoms with Crippen molar-refractivity contribution in [2.45, 2.75) is 25.9 Å². The number of amides is 2. The number of ether oxygens (including phenoxy) is 1. The van der Waals surface area contributed by atoms with Crippen LogP contribution in [0.25, 0.3) is 0 Å². The predicted octanol–water partition coefficient (Wildman–Crippen LogP) is 4.27. The van der Waals surface area contributed by atoms with Crippen LogP contribution in [0.3, 0.4) is 0 Å². The van der Waals surface area contributed by atoms with E-state index in [-0.39, 0.29) is 24.8 Å². The van der Waals surface area contributed by atoms with Crippen molar-refractivity contribution in [2.75, 3.05) is 13.7 Å². The molecule has 3 rings (SSSR count). The zero-order chi connectivity index (χ0) is 22.2. The summed E-state index contributed by atoms with van der Waals surface area (Å²) in [5.41, 5.74) is 0.920. The summed E-state index contributed by atoms with van der Waals surface area (Å²) in [5.74, 6) is 1.36. The van der Waals surface area contributed by atoms with Crippen molar-refractivity contribution < 1.29 is 18.7 Å². The first-order valence-corrected chi connectivity index (χ1v) is 10.8. The number of aryl methyl sites for hydroxylation is 1. The van der Waals surface area contributed by atoms with Gasteiger partial charge in [-0.25, -0.2) is 0 Å². The molecule has 6 nitrogen and oxygen atoms in total. The van der Waals surface area contributed by atoms with E-state index >= 15 is 0 Å². The molecule has 2 aromatic heterocycles. The molecule has 0 aliphatic carbocycles. The summed E-state index contributed by atoms with van der Waals surface area (Å²) < 4.78 is 10.9. The molecule has 0 spiro atoms. The number of nitrogens with one attached hydrogen (secondary N) is 1. The third kappa shape index (κ3) is 5.86. The summed E-state index contributed by atoms with van der Waals surface area (Å²) in [6.45, 7) is 6.12. The van der Waals surface area contributed by atoms with Crippen molar-refractivity contribution in [3.8, 4) is 5.75 Å². The van der Waals surface area contributed by atoms with E-state index in [0.29, 0.717) is 18.1 Å². The Morgan fingerprint density at radius 1 is 1.23 bits per heavy atom. The van der Waals surface area contributed by atoms with Crippen molar-refractivity contribution >= 4 is 23.2 Å². The van der Waals surface area contributed by atoms with E-state index in [1.165, 1.54) is 16.2 Å². The largest absolute Gasteiger partial charge is 0.497 e. The van der Waals surface area contributed by atoms with Gasteiger partial charge in [0.05, 0.1) is 13.5 Å². The van der Waals surface area contributed by atoms with Crippen LogP contribution >= 0.6 is 11.3 Å². The van der Waals surface area contributed by atoms with Gasteiger partial charge in [-0.1, -0.05) is 24.3 Å². The van der Waals surface area contributed by atoms with Gasteiger partial charge in [0, 0.05) is 18.0 Å². The van der Waals surface area contributed by atoms with Gasteiger partial charge in [0.2, 0.25) is 5.91 Å². The molecule has 0 bridgehead atoms. The lowest BCUT2D eigenvalue weighted by Gasteiger charge is -2.29. The number of hydrogen-bond acceptors (Lipinski definition) is 5. The summed E-state index contributed by atoms with van der Waals surface area (Å²) in [6.07, 6.45) is 1.83. The normalized spacial score (nSPS) is 11.5. The van der Waals surface area contributed by atoms with Crippen molar-refractivity contribution in [1.29, 1.82) is 0 Å². The average molecular weight is 439 g/mol. The highest BCUT2D eigenvalue weighted by molar-refractivity contribution is 7.10. The van der Waals surface area contributed by atoms with Crippen LogP contribution in [0.5, 0.6) is 5.75 Å². The minimum absolute atomic E-state index is 0.166.